The molecule has 9 heteroatoms. The van der Waals surface area contributed by atoms with Crippen molar-refractivity contribution >= 4 is 46.1 Å². The van der Waals surface area contributed by atoms with Gasteiger partial charge in [-0.2, -0.15) is 0 Å². The van der Waals surface area contributed by atoms with Crippen LogP contribution in [0, 0.1) is 0 Å². The normalized spacial score (nSPS) is 10.3. The van der Waals surface area contributed by atoms with E-state index in [1.807, 2.05) is 5.32 Å². The summed E-state index contributed by atoms with van der Waals surface area (Å²) in [6.45, 7) is 1.36. The van der Waals surface area contributed by atoms with Crippen LogP contribution in [0.5, 0.6) is 5.88 Å². The van der Waals surface area contributed by atoms with Crippen LogP contribution in [0.25, 0.3) is 10.9 Å². The monoisotopic (exact) mass is 343 g/mol. The molecule has 7 nitrogen and oxygen atoms in total. The number of hydrogen-bond donors (Lipinski definition) is 1. The molecule has 0 bridgehead atoms. The van der Waals surface area contributed by atoms with E-state index in [9.17, 15) is 9.59 Å². The third-order valence-electron chi connectivity index (χ3n) is 2.48. The van der Waals surface area contributed by atoms with Gasteiger partial charge in [-0.05, 0) is 19.1 Å². The first-order valence-corrected chi connectivity index (χ1v) is 6.96. The average molecular weight is 344 g/mol. The number of carbonyl (C=O) groups excluding carboxylic acids is 2. The van der Waals surface area contributed by atoms with Gasteiger partial charge >= 0.3 is 6.09 Å². The Morgan fingerprint density at radius 1 is 1.27 bits per heavy atom. The number of benzene rings is 1. The van der Waals surface area contributed by atoms with E-state index in [0.717, 1.165) is 0 Å². The zero-order chi connectivity index (χ0) is 16.1. The highest BCUT2D eigenvalue weighted by Gasteiger charge is 2.13. The lowest BCUT2D eigenvalue weighted by Gasteiger charge is -2.08. The number of alkyl carbamates (subject to hydrolysis) is 1. The summed E-state index contributed by atoms with van der Waals surface area (Å²) in [6, 6.07) is 3.11. The van der Waals surface area contributed by atoms with Crippen LogP contribution >= 0.6 is 23.2 Å². The maximum absolute atomic E-state index is 11.5. The molecule has 2 amide bonds. The molecule has 0 fully saturated rings. The molecule has 0 radical (unpaired) electrons. The summed E-state index contributed by atoms with van der Waals surface area (Å²) >= 11 is 12.0. The molecule has 1 N–H and O–H groups in total. The Bertz CT molecular complexity index is 724. The van der Waals surface area contributed by atoms with E-state index < -0.39 is 18.6 Å². The van der Waals surface area contributed by atoms with Crippen molar-refractivity contribution in [2.24, 2.45) is 0 Å². The Balaban J connectivity index is 2.12. The quantitative estimate of drug-likeness (QED) is 0.917. The molecule has 1 aromatic heterocycles. The van der Waals surface area contributed by atoms with Crippen LogP contribution in [0.4, 0.5) is 4.79 Å². The summed E-state index contributed by atoms with van der Waals surface area (Å²) in [7, 11) is 0. The first kappa shape index (κ1) is 16.3. The van der Waals surface area contributed by atoms with Crippen LogP contribution in [0.1, 0.15) is 6.92 Å². The van der Waals surface area contributed by atoms with E-state index in [2.05, 4.69) is 14.7 Å². The van der Waals surface area contributed by atoms with Crippen molar-refractivity contribution in [3.63, 3.8) is 0 Å². The van der Waals surface area contributed by atoms with Gasteiger partial charge in [0.25, 0.3) is 5.91 Å². The maximum atomic E-state index is 11.5. The fourth-order valence-corrected chi connectivity index (χ4v) is 2.18. The second-order valence-corrected chi connectivity index (χ2v) is 4.86. The van der Waals surface area contributed by atoms with Gasteiger partial charge in [0.05, 0.1) is 22.5 Å². The molecule has 0 spiro atoms. The summed E-state index contributed by atoms with van der Waals surface area (Å²) in [5.74, 6) is -0.535. The van der Waals surface area contributed by atoms with Gasteiger partial charge in [-0.25, -0.2) is 14.8 Å². The van der Waals surface area contributed by atoms with Gasteiger partial charge in [-0.15, -0.1) is 0 Å². The van der Waals surface area contributed by atoms with Crippen molar-refractivity contribution < 1.29 is 19.1 Å². The second-order valence-electron chi connectivity index (χ2n) is 4.02. The number of hydrogen-bond acceptors (Lipinski definition) is 6. The lowest BCUT2D eigenvalue weighted by Crippen LogP contribution is -2.34. The smallest absolute Gasteiger partial charge is 0.413 e. The molecule has 2 rings (SSSR count). The van der Waals surface area contributed by atoms with E-state index in [4.69, 9.17) is 27.9 Å². The van der Waals surface area contributed by atoms with E-state index in [1.54, 1.807) is 13.0 Å². The van der Waals surface area contributed by atoms with Crippen molar-refractivity contribution in [3.8, 4) is 5.88 Å². The number of carbonyl (C=O) groups is 2. The molecule has 1 aromatic carbocycles. The summed E-state index contributed by atoms with van der Waals surface area (Å²) in [5.41, 5.74) is 0.446. The molecular weight excluding hydrogens is 333 g/mol. The van der Waals surface area contributed by atoms with Crippen LogP contribution < -0.4 is 10.1 Å². The fraction of sp³-hybridized carbons (Fsp3) is 0.231. The first-order chi connectivity index (χ1) is 10.5. The predicted octanol–water partition coefficient (Wildman–Crippen LogP) is 2.59. The van der Waals surface area contributed by atoms with Gasteiger partial charge in [0, 0.05) is 5.02 Å². The number of nitrogens with one attached hydrogen (secondary N) is 1. The molecule has 0 saturated carbocycles. The highest BCUT2D eigenvalue weighted by Crippen LogP contribution is 2.30. The van der Waals surface area contributed by atoms with Gasteiger partial charge < -0.3 is 9.47 Å². The minimum Gasteiger partial charge on any atom is -0.467 e. The number of nitrogens with zero attached hydrogens (tertiary/aromatic N) is 2. The lowest BCUT2D eigenvalue weighted by molar-refractivity contribution is -0.122. The molecule has 0 aliphatic heterocycles. The summed E-state index contributed by atoms with van der Waals surface area (Å²) in [4.78, 5) is 30.6. The number of ether oxygens (including phenoxy) is 2. The van der Waals surface area contributed by atoms with Crippen molar-refractivity contribution in [2.75, 3.05) is 13.2 Å². The Labute approximate surface area is 135 Å². The number of halogens is 2. The summed E-state index contributed by atoms with van der Waals surface area (Å²) < 4.78 is 9.86. The molecule has 0 aliphatic rings. The van der Waals surface area contributed by atoms with Crippen LogP contribution in [-0.4, -0.2) is 35.2 Å². The minimum atomic E-state index is -0.838. The summed E-state index contributed by atoms with van der Waals surface area (Å²) in [6.07, 6.45) is 0.412. The third-order valence-corrected chi connectivity index (χ3v) is 2.98. The standard InChI is InChI=1S/C13H11Cl2N3O4/c1-2-21-13(20)18-10(19)5-22-12-8-3-7(14)4-9(15)11(8)16-6-17-12/h3-4,6H,2,5H2,1H3,(H,18,19,20). The molecule has 2 aromatic rings. The molecule has 22 heavy (non-hydrogen) atoms. The SMILES string of the molecule is CCOC(=O)NC(=O)COc1ncnc2c(Cl)cc(Cl)cc12. The number of rotatable bonds is 4. The molecule has 116 valence electrons. The molecule has 0 atom stereocenters. The zero-order valence-corrected chi connectivity index (χ0v) is 12.9. The number of amides is 2. The topological polar surface area (TPSA) is 90.4 Å². The highest BCUT2D eigenvalue weighted by atomic mass is 35.5. The number of fused-ring (bicyclic) bond motifs is 1. The highest BCUT2D eigenvalue weighted by molar-refractivity contribution is 6.38. The van der Waals surface area contributed by atoms with Gasteiger partial charge in [-0.3, -0.25) is 10.1 Å². The van der Waals surface area contributed by atoms with Gasteiger partial charge in [0.15, 0.2) is 6.61 Å². The summed E-state index contributed by atoms with van der Waals surface area (Å²) in [5, 5.41) is 3.18. The fourth-order valence-electron chi connectivity index (χ4n) is 1.63. The van der Waals surface area contributed by atoms with Crippen LogP contribution in [0.3, 0.4) is 0 Å². The van der Waals surface area contributed by atoms with Gasteiger partial charge in [0.1, 0.15) is 6.33 Å². The molecule has 0 aliphatic carbocycles. The second kappa shape index (κ2) is 7.24. The van der Waals surface area contributed by atoms with Crippen molar-refractivity contribution in [3.05, 3.63) is 28.5 Å². The van der Waals surface area contributed by atoms with Crippen molar-refractivity contribution in [1.29, 1.82) is 0 Å². The first-order valence-electron chi connectivity index (χ1n) is 6.20. The maximum Gasteiger partial charge on any atom is 0.413 e. The van der Waals surface area contributed by atoms with E-state index >= 15 is 0 Å². The molecular formula is C13H11Cl2N3O4. The van der Waals surface area contributed by atoms with Gasteiger partial charge in [-0.1, -0.05) is 23.2 Å². The molecule has 1 heterocycles. The van der Waals surface area contributed by atoms with E-state index in [-0.39, 0.29) is 12.5 Å². The van der Waals surface area contributed by atoms with E-state index in [0.29, 0.717) is 20.9 Å². The predicted molar refractivity (Wildman–Crippen MR) is 80.2 cm³/mol. The third kappa shape index (κ3) is 3.96. The zero-order valence-electron chi connectivity index (χ0n) is 11.4. The van der Waals surface area contributed by atoms with Crippen LogP contribution in [0.15, 0.2) is 18.5 Å². The average Bonchev–Trinajstić information content (AvgIpc) is 2.45. The van der Waals surface area contributed by atoms with Crippen molar-refractivity contribution in [2.45, 2.75) is 6.92 Å². The Morgan fingerprint density at radius 2 is 2.05 bits per heavy atom. The number of aromatic nitrogens is 2. The lowest BCUT2D eigenvalue weighted by atomic mass is 10.2. The van der Waals surface area contributed by atoms with Gasteiger partial charge in [0.2, 0.25) is 5.88 Å². The van der Waals surface area contributed by atoms with Crippen LogP contribution in [-0.2, 0) is 9.53 Å². The van der Waals surface area contributed by atoms with Crippen LogP contribution in [0.2, 0.25) is 10.0 Å². The largest absolute Gasteiger partial charge is 0.467 e. The number of imide groups is 1. The minimum absolute atomic E-state index is 0.133. The van der Waals surface area contributed by atoms with Crippen molar-refractivity contribution in [1.82, 2.24) is 15.3 Å². The Morgan fingerprint density at radius 3 is 2.77 bits per heavy atom. The molecule has 0 saturated heterocycles. The Hall–Kier alpha value is -2.12. The van der Waals surface area contributed by atoms with E-state index in [1.165, 1.54) is 12.4 Å². The Kier molecular flexibility index (Phi) is 5.35. The molecule has 0 unspecified atom stereocenters.